The van der Waals surface area contributed by atoms with Crippen molar-refractivity contribution in [1.82, 2.24) is 0 Å². The fourth-order valence-electron chi connectivity index (χ4n) is 1.59. The molecule has 0 radical (unpaired) electrons. The lowest BCUT2D eigenvalue weighted by atomic mass is 10.0. The van der Waals surface area contributed by atoms with Crippen LogP contribution in [0.4, 0.5) is 11.4 Å². The third-order valence-corrected chi connectivity index (χ3v) is 2.41. The van der Waals surface area contributed by atoms with E-state index in [2.05, 4.69) is 12.1 Å². The van der Waals surface area contributed by atoms with Crippen LogP contribution in [-0.4, -0.2) is 0 Å². The molecule has 0 amide bonds. The van der Waals surface area contributed by atoms with Crippen LogP contribution >= 0.6 is 0 Å². The molecule has 0 bridgehead atoms. The van der Waals surface area contributed by atoms with E-state index in [1.807, 2.05) is 30.3 Å². The largest absolute Gasteiger partial charge is 0.399 e. The van der Waals surface area contributed by atoms with E-state index in [1.165, 1.54) is 5.56 Å². The minimum Gasteiger partial charge on any atom is -0.399 e. The average Bonchev–Trinajstić information content (AvgIpc) is 2.24. The first-order valence-corrected chi connectivity index (χ1v) is 4.93. The maximum absolute atomic E-state index is 5.89. The molecule has 0 saturated carbocycles. The summed E-state index contributed by atoms with van der Waals surface area (Å²) in [6.45, 7) is 0. The van der Waals surface area contributed by atoms with Gasteiger partial charge in [-0.15, -0.1) is 0 Å². The number of hydrogen-bond acceptors (Lipinski definition) is 2. The number of anilines is 2. The van der Waals surface area contributed by atoms with E-state index in [0.717, 1.165) is 17.7 Å². The Labute approximate surface area is 89.5 Å². The lowest BCUT2D eigenvalue weighted by molar-refractivity contribution is 1.20. The highest BCUT2D eigenvalue weighted by atomic mass is 14.6. The highest BCUT2D eigenvalue weighted by Crippen LogP contribution is 2.18. The second-order valence-electron chi connectivity index (χ2n) is 3.62. The third kappa shape index (κ3) is 2.29. The number of nitrogens with two attached hydrogens (primary N) is 2. The van der Waals surface area contributed by atoms with Crippen molar-refractivity contribution in [3.63, 3.8) is 0 Å². The monoisotopic (exact) mass is 198 g/mol. The van der Waals surface area contributed by atoms with E-state index in [1.54, 1.807) is 6.07 Å². The minimum absolute atomic E-state index is 0.712. The van der Waals surface area contributed by atoms with Crippen molar-refractivity contribution in [2.24, 2.45) is 0 Å². The number of rotatable bonds is 2. The molecular weight excluding hydrogens is 184 g/mol. The molecule has 0 atom stereocenters. The van der Waals surface area contributed by atoms with E-state index in [-0.39, 0.29) is 0 Å². The summed E-state index contributed by atoms with van der Waals surface area (Å²) in [7, 11) is 0. The Morgan fingerprint density at radius 1 is 0.867 bits per heavy atom. The van der Waals surface area contributed by atoms with Crippen molar-refractivity contribution in [2.45, 2.75) is 6.42 Å². The maximum atomic E-state index is 5.89. The van der Waals surface area contributed by atoms with Crippen LogP contribution in [0.25, 0.3) is 0 Å². The lowest BCUT2D eigenvalue weighted by Gasteiger charge is -2.06. The summed E-state index contributed by atoms with van der Waals surface area (Å²) < 4.78 is 0. The van der Waals surface area contributed by atoms with Crippen molar-refractivity contribution in [3.8, 4) is 0 Å². The fraction of sp³-hybridized carbons (Fsp3) is 0.0769. The van der Waals surface area contributed by atoms with Crippen molar-refractivity contribution in [3.05, 3.63) is 59.7 Å². The zero-order valence-corrected chi connectivity index (χ0v) is 8.48. The van der Waals surface area contributed by atoms with E-state index in [0.29, 0.717) is 5.69 Å². The molecule has 0 spiro atoms. The van der Waals surface area contributed by atoms with Crippen LogP contribution in [0, 0.1) is 0 Å². The van der Waals surface area contributed by atoms with Gasteiger partial charge >= 0.3 is 0 Å². The van der Waals surface area contributed by atoms with Crippen LogP contribution < -0.4 is 11.5 Å². The highest BCUT2D eigenvalue weighted by molar-refractivity contribution is 5.57. The van der Waals surface area contributed by atoms with Gasteiger partial charge in [-0.1, -0.05) is 36.4 Å². The summed E-state index contributed by atoms with van der Waals surface area (Å²) in [5, 5.41) is 0. The zero-order valence-electron chi connectivity index (χ0n) is 8.48. The molecule has 2 aromatic carbocycles. The molecule has 2 aromatic rings. The van der Waals surface area contributed by atoms with Gasteiger partial charge in [0.1, 0.15) is 0 Å². The van der Waals surface area contributed by atoms with E-state index in [9.17, 15) is 0 Å². The Morgan fingerprint density at radius 3 is 2.27 bits per heavy atom. The first kappa shape index (κ1) is 9.59. The normalized spacial score (nSPS) is 10.1. The molecule has 0 aliphatic heterocycles. The van der Waals surface area contributed by atoms with Crippen LogP contribution in [-0.2, 0) is 6.42 Å². The van der Waals surface area contributed by atoms with E-state index >= 15 is 0 Å². The summed E-state index contributed by atoms with van der Waals surface area (Å²) in [6.07, 6.45) is 0.854. The average molecular weight is 198 g/mol. The van der Waals surface area contributed by atoms with Gasteiger partial charge in [0.2, 0.25) is 0 Å². The predicted molar refractivity (Wildman–Crippen MR) is 64.5 cm³/mol. The molecule has 0 heterocycles. The molecule has 0 aromatic heterocycles. The standard InChI is InChI=1S/C13H14N2/c14-12-7-6-11(13(15)9-12)8-10-4-2-1-3-5-10/h1-7,9H,8,14-15H2. The molecule has 0 aliphatic carbocycles. The minimum atomic E-state index is 0.712. The number of hydrogen-bond donors (Lipinski definition) is 2. The summed E-state index contributed by atoms with van der Waals surface area (Å²) in [5.74, 6) is 0. The summed E-state index contributed by atoms with van der Waals surface area (Å²) >= 11 is 0. The smallest absolute Gasteiger partial charge is 0.0370 e. The van der Waals surface area contributed by atoms with Crippen molar-refractivity contribution in [2.75, 3.05) is 11.5 Å². The Hall–Kier alpha value is -1.96. The van der Waals surface area contributed by atoms with Gasteiger partial charge in [0.05, 0.1) is 0 Å². The summed E-state index contributed by atoms with van der Waals surface area (Å²) in [5.41, 5.74) is 15.4. The van der Waals surface area contributed by atoms with Gasteiger partial charge < -0.3 is 11.5 Å². The SMILES string of the molecule is Nc1ccc(Cc2ccccc2)c(N)c1. The molecule has 0 saturated heterocycles. The first-order chi connectivity index (χ1) is 7.25. The highest BCUT2D eigenvalue weighted by Gasteiger charge is 2.00. The van der Waals surface area contributed by atoms with Crippen LogP contribution in [0.5, 0.6) is 0 Å². The second-order valence-corrected chi connectivity index (χ2v) is 3.62. The van der Waals surface area contributed by atoms with Gasteiger partial charge in [-0.25, -0.2) is 0 Å². The number of nitrogen functional groups attached to an aromatic ring is 2. The molecule has 2 heteroatoms. The lowest BCUT2D eigenvalue weighted by Crippen LogP contribution is -1.97. The van der Waals surface area contributed by atoms with Gasteiger partial charge in [-0.05, 0) is 29.7 Å². The molecule has 2 nitrogen and oxygen atoms in total. The van der Waals surface area contributed by atoms with Crippen molar-refractivity contribution >= 4 is 11.4 Å². The molecule has 0 unspecified atom stereocenters. The Bertz CT molecular complexity index is 449. The van der Waals surface area contributed by atoms with E-state index in [4.69, 9.17) is 11.5 Å². The molecule has 4 N–H and O–H groups in total. The molecule has 0 fully saturated rings. The van der Waals surface area contributed by atoms with Crippen LogP contribution in [0.3, 0.4) is 0 Å². The van der Waals surface area contributed by atoms with E-state index < -0.39 is 0 Å². The Balaban J connectivity index is 2.25. The third-order valence-electron chi connectivity index (χ3n) is 2.41. The van der Waals surface area contributed by atoms with Crippen LogP contribution in [0.2, 0.25) is 0 Å². The van der Waals surface area contributed by atoms with Gasteiger partial charge in [0.25, 0.3) is 0 Å². The van der Waals surface area contributed by atoms with Crippen LogP contribution in [0.1, 0.15) is 11.1 Å². The summed E-state index contributed by atoms with van der Waals surface area (Å²) in [6, 6.07) is 15.9. The number of benzene rings is 2. The van der Waals surface area contributed by atoms with Gasteiger partial charge in [-0.2, -0.15) is 0 Å². The summed E-state index contributed by atoms with van der Waals surface area (Å²) in [4.78, 5) is 0. The molecule has 0 aliphatic rings. The van der Waals surface area contributed by atoms with Crippen LogP contribution in [0.15, 0.2) is 48.5 Å². The van der Waals surface area contributed by atoms with Gasteiger partial charge in [0.15, 0.2) is 0 Å². The fourth-order valence-corrected chi connectivity index (χ4v) is 1.59. The van der Waals surface area contributed by atoms with Gasteiger partial charge in [0, 0.05) is 11.4 Å². The Morgan fingerprint density at radius 2 is 1.60 bits per heavy atom. The van der Waals surface area contributed by atoms with Crippen molar-refractivity contribution in [1.29, 1.82) is 0 Å². The quantitative estimate of drug-likeness (QED) is 0.728. The predicted octanol–water partition coefficient (Wildman–Crippen LogP) is 2.44. The Kier molecular flexibility index (Phi) is 2.59. The molecule has 76 valence electrons. The second kappa shape index (κ2) is 4.05. The first-order valence-electron chi connectivity index (χ1n) is 4.93. The van der Waals surface area contributed by atoms with Gasteiger partial charge in [-0.3, -0.25) is 0 Å². The zero-order chi connectivity index (χ0) is 10.7. The molecular formula is C13H14N2. The maximum Gasteiger partial charge on any atom is 0.0370 e. The molecule has 15 heavy (non-hydrogen) atoms. The van der Waals surface area contributed by atoms with Crippen molar-refractivity contribution < 1.29 is 0 Å². The topological polar surface area (TPSA) is 52.0 Å². The molecule has 2 rings (SSSR count).